The molecule has 0 aromatic rings. The molecule has 3 N–H and O–H groups in total. The van der Waals surface area contributed by atoms with Crippen LogP contribution in [-0.2, 0) is 47.5 Å². The maximum Gasteiger partial charge on any atom is 0.330 e. The third kappa shape index (κ3) is 12.7. The number of hydrogen-bond donors (Lipinski definition) is 3. The molecule has 306 valence electrons. The minimum atomic E-state index is -2.27. The van der Waals surface area contributed by atoms with Gasteiger partial charge >= 0.3 is 17.9 Å². The van der Waals surface area contributed by atoms with Gasteiger partial charge in [0.2, 0.25) is 5.79 Å². The van der Waals surface area contributed by atoms with Crippen molar-refractivity contribution in [1.82, 2.24) is 0 Å². The van der Waals surface area contributed by atoms with E-state index in [9.17, 15) is 29.7 Å². The third-order valence-electron chi connectivity index (χ3n) is 10.9. The standard InChI is InChI=1S/C41H64O13/c1-6-8-9-10-11-16-35(44)53-39-27(20-36(45)48-5)19-33-25-34(26-42)50-37(46)22-28(43)21-30-14-12-15-31(49-30)24-32-23-29(13-7-2)51-38(52-32)17-18-40(3,4)41(39,47)54-33/h7,17-18,20,28-34,38-39,42-43,47H,2,6,8-16,19,21-26H2,1,3-5H3/b18-17+,27-20+/t28-,29+,30?,31?,32?,33+,34-,38+,39+,41-/m1/s1. The van der Waals surface area contributed by atoms with E-state index in [1.54, 1.807) is 32.1 Å². The predicted molar refractivity (Wildman–Crippen MR) is 198 cm³/mol. The third-order valence-corrected chi connectivity index (χ3v) is 10.9. The summed E-state index contributed by atoms with van der Waals surface area (Å²) in [5, 5.41) is 33.9. The van der Waals surface area contributed by atoms with Crippen molar-refractivity contribution < 1.29 is 62.9 Å². The quantitative estimate of drug-likeness (QED) is 0.0816. The summed E-state index contributed by atoms with van der Waals surface area (Å²) in [5.74, 6) is -4.26. The molecule has 13 heteroatoms. The molecule has 3 saturated heterocycles. The fourth-order valence-corrected chi connectivity index (χ4v) is 7.89. The van der Waals surface area contributed by atoms with Gasteiger partial charge in [-0.15, -0.1) is 6.58 Å². The molecule has 4 rings (SSSR count). The van der Waals surface area contributed by atoms with E-state index in [1.807, 2.05) is 0 Å². The first kappa shape index (κ1) is 44.1. The van der Waals surface area contributed by atoms with Crippen LogP contribution in [0.3, 0.4) is 0 Å². The van der Waals surface area contributed by atoms with E-state index < -0.39 is 66.4 Å². The van der Waals surface area contributed by atoms with E-state index in [0.29, 0.717) is 25.7 Å². The molecule has 0 aliphatic carbocycles. The van der Waals surface area contributed by atoms with Crippen LogP contribution in [0.2, 0.25) is 0 Å². The molecule has 0 aromatic heterocycles. The van der Waals surface area contributed by atoms with Crippen LogP contribution in [0.15, 0.2) is 36.5 Å². The van der Waals surface area contributed by atoms with Gasteiger partial charge in [0.05, 0.1) is 56.8 Å². The lowest BCUT2D eigenvalue weighted by Gasteiger charge is -2.51. The minimum Gasteiger partial charge on any atom is -0.466 e. The van der Waals surface area contributed by atoms with E-state index in [0.717, 1.165) is 44.9 Å². The number of hydrogen-bond acceptors (Lipinski definition) is 13. The molecule has 0 amide bonds. The average Bonchev–Trinajstić information content (AvgIpc) is 3.11. The van der Waals surface area contributed by atoms with Crippen LogP contribution >= 0.6 is 0 Å². The summed E-state index contributed by atoms with van der Waals surface area (Å²) in [7, 11) is 1.22. The van der Waals surface area contributed by atoms with Gasteiger partial charge < -0.3 is 48.5 Å². The van der Waals surface area contributed by atoms with Crippen LogP contribution in [0.25, 0.3) is 0 Å². The number of carbonyl (C=O) groups excluding carboxylic acids is 3. The fraction of sp³-hybridized carbons (Fsp3) is 0.780. The second kappa shape index (κ2) is 21.0. The number of rotatable bonds is 11. The smallest absolute Gasteiger partial charge is 0.330 e. The van der Waals surface area contributed by atoms with Gasteiger partial charge in [-0.2, -0.15) is 0 Å². The van der Waals surface area contributed by atoms with Crippen molar-refractivity contribution in [1.29, 1.82) is 0 Å². The Bertz CT molecular complexity index is 1300. The molecule has 10 atom stereocenters. The fourth-order valence-electron chi connectivity index (χ4n) is 7.89. The predicted octanol–water partition coefficient (Wildman–Crippen LogP) is 5.27. The largest absolute Gasteiger partial charge is 0.466 e. The Labute approximate surface area is 320 Å². The number of esters is 3. The Hall–Kier alpha value is -2.65. The van der Waals surface area contributed by atoms with Crippen LogP contribution in [0.5, 0.6) is 0 Å². The van der Waals surface area contributed by atoms with Gasteiger partial charge in [-0.25, -0.2) is 4.79 Å². The molecule has 4 heterocycles. The van der Waals surface area contributed by atoms with Crippen molar-refractivity contribution in [2.24, 2.45) is 5.41 Å². The maximum atomic E-state index is 13.4. The van der Waals surface area contributed by atoms with Crippen molar-refractivity contribution >= 4 is 17.9 Å². The molecule has 0 saturated carbocycles. The van der Waals surface area contributed by atoms with Gasteiger partial charge in [0.15, 0.2) is 12.4 Å². The summed E-state index contributed by atoms with van der Waals surface area (Å²) in [6.07, 6.45) is 9.26. The Morgan fingerprint density at radius 2 is 1.69 bits per heavy atom. The van der Waals surface area contributed by atoms with Gasteiger partial charge in [-0.3, -0.25) is 9.59 Å². The minimum absolute atomic E-state index is 0.0116. The molecule has 0 radical (unpaired) electrons. The second-order valence-corrected chi connectivity index (χ2v) is 15.8. The first-order valence-electron chi connectivity index (χ1n) is 19.9. The van der Waals surface area contributed by atoms with Crippen molar-refractivity contribution in [3.8, 4) is 0 Å². The Morgan fingerprint density at radius 3 is 2.39 bits per heavy atom. The number of methoxy groups -OCH3 is 1. The summed E-state index contributed by atoms with van der Waals surface area (Å²) in [4.78, 5) is 39.1. The Balaban J connectivity index is 1.72. The number of ether oxygens (including phenoxy) is 7. The summed E-state index contributed by atoms with van der Waals surface area (Å²) >= 11 is 0. The normalized spacial score (nSPS) is 36.3. The highest BCUT2D eigenvalue weighted by Gasteiger charge is 2.57. The van der Waals surface area contributed by atoms with Crippen LogP contribution < -0.4 is 0 Å². The topological polar surface area (TPSA) is 177 Å². The van der Waals surface area contributed by atoms with E-state index in [-0.39, 0.29) is 62.1 Å². The van der Waals surface area contributed by atoms with E-state index in [2.05, 4.69) is 13.5 Å². The van der Waals surface area contributed by atoms with Crippen molar-refractivity contribution in [3.63, 3.8) is 0 Å². The lowest BCUT2D eigenvalue weighted by molar-refractivity contribution is -0.327. The average molecular weight is 765 g/mol. The van der Waals surface area contributed by atoms with E-state index >= 15 is 0 Å². The number of unbranched alkanes of at least 4 members (excludes halogenated alkanes) is 4. The van der Waals surface area contributed by atoms with Crippen molar-refractivity contribution in [2.75, 3.05) is 13.7 Å². The number of aliphatic hydroxyl groups is 3. The molecule has 3 unspecified atom stereocenters. The van der Waals surface area contributed by atoms with Crippen LogP contribution in [0.4, 0.5) is 0 Å². The summed E-state index contributed by atoms with van der Waals surface area (Å²) in [6, 6.07) is 0. The first-order valence-corrected chi connectivity index (χ1v) is 19.9. The molecule has 0 aromatic carbocycles. The van der Waals surface area contributed by atoms with Crippen LogP contribution in [0, 0.1) is 5.41 Å². The van der Waals surface area contributed by atoms with Gasteiger partial charge in [-0.1, -0.05) is 58.6 Å². The zero-order chi connectivity index (χ0) is 39.3. The molecule has 54 heavy (non-hydrogen) atoms. The highest BCUT2D eigenvalue weighted by molar-refractivity contribution is 5.83. The molecule has 3 fully saturated rings. The second-order valence-electron chi connectivity index (χ2n) is 15.8. The first-order chi connectivity index (χ1) is 25.8. The highest BCUT2D eigenvalue weighted by atomic mass is 16.7. The number of cyclic esters (lactones) is 1. The molecule has 4 aliphatic heterocycles. The van der Waals surface area contributed by atoms with Gasteiger partial charge in [-0.05, 0) is 50.2 Å². The highest BCUT2D eigenvalue weighted by Crippen LogP contribution is 2.47. The van der Waals surface area contributed by atoms with Crippen LogP contribution in [-0.4, -0.2) is 108 Å². The molecule has 13 nitrogen and oxygen atoms in total. The zero-order valence-electron chi connectivity index (χ0n) is 32.7. The van der Waals surface area contributed by atoms with Crippen molar-refractivity contribution in [2.45, 2.75) is 184 Å². The lowest BCUT2D eigenvalue weighted by Crippen LogP contribution is -2.62. The molecule has 4 aliphatic rings. The summed E-state index contributed by atoms with van der Waals surface area (Å²) < 4.78 is 42.2. The number of fused-ring (bicyclic) bond motifs is 6. The molecular weight excluding hydrogens is 700 g/mol. The molecule has 0 spiro atoms. The Morgan fingerprint density at radius 1 is 0.963 bits per heavy atom. The summed E-state index contributed by atoms with van der Waals surface area (Å²) in [6.45, 7) is 8.86. The zero-order valence-corrected chi connectivity index (χ0v) is 32.7. The number of aliphatic hydroxyl groups excluding tert-OH is 2. The monoisotopic (exact) mass is 764 g/mol. The number of carbonyl (C=O) groups is 3. The SMILES string of the molecule is C=CC[C@H]1CC2CC3CCCC(C[C@@H](O)CC(=O)O[C@@H](CO)C[C@@H]4C/C(=C\C(=O)OC)[C@H](OC(=O)CCCCCCC)[C@@](O)(O4)C(C)(C)/C=C/[C@H](O2)O1)O3. The lowest BCUT2D eigenvalue weighted by atomic mass is 9.74. The molecule has 6 bridgehead atoms. The summed E-state index contributed by atoms with van der Waals surface area (Å²) in [5.41, 5.74) is -1.08. The van der Waals surface area contributed by atoms with Crippen LogP contribution in [0.1, 0.15) is 124 Å². The van der Waals surface area contributed by atoms with Gasteiger partial charge in [0, 0.05) is 43.6 Å². The maximum absolute atomic E-state index is 13.4. The van der Waals surface area contributed by atoms with Gasteiger partial charge in [0.1, 0.15) is 6.10 Å². The van der Waals surface area contributed by atoms with Gasteiger partial charge in [0.25, 0.3) is 0 Å². The molecular formula is C41H64O13. The van der Waals surface area contributed by atoms with Crippen molar-refractivity contribution in [3.05, 3.63) is 36.5 Å². The van der Waals surface area contributed by atoms with E-state index in [4.69, 9.17) is 33.2 Å². The Kier molecular flexibility index (Phi) is 17.2. The van der Waals surface area contributed by atoms with E-state index in [1.165, 1.54) is 13.2 Å².